The highest BCUT2D eigenvalue weighted by atomic mass is 79.9. The molecular weight excluding hydrogens is 816 g/mol. The molecule has 54 heavy (non-hydrogen) atoms. The number of nitrogens with zero attached hydrogens (tertiary/aromatic N) is 5. The largest absolute Gasteiger partial charge is 0.492 e. The Morgan fingerprint density at radius 1 is 0.796 bits per heavy atom. The van der Waals surface area contributed by atoms with Crippen LogP contribution in [0.4, 0.5) is 0 Å². The highest BCUT2D eigenvalue weighted by Gasteiger charge is 2.45. The first-order valence-electron chi connectivity index (χ1n) is 18.7. The van der Waals surface area contributed by atoms with Crippen molar-refractivity contribution in [2.75, 3.05) is 32.8 Å². The van der Waals surface area contributed by atoms with Gasteiger partial charge in [-0.3, -0.25) is 4.90 Å². The van der Waals surface area contributed by atoms with E-state index in [0.717, 1.165) is 92.9 Å². The Bertz CT molecular complexity index is 2170. The van der Waals surface area contributed by atoms with E-state index in [1.165, 1.54) is 0 Å². The second kappa shape index (κ2) is 16.4. The van der Waals surface area contributed by atoms with Gasteiger partial charge in [-0.1, -0.05) is 6.42 Å². The lowest BCUT2D eigenvalue weighted by Crippen LogP contribution is -2.59. The molecule has 2 aliphatic rings. The van der Waals surface area contributed by atoms with Crippen molar-refractivity contribution in [2.24, 2.45) is 0 Å². The van der Waals surface area contributed by atoms with Crippen LogP contribution in [0.5, 0.6) is 11.5 Å². The van der Waals surface area contributed by atoms with E-state index in [0.29, 0.717) is 50.4 Å². The third-order valence-corrected chi connectivity index (χ3v) is 11.6. The Labute approximate surface area is 330 Å². The zero-order valence-electron chi connectivity index (χ0n) is 29.8. The van der Waals surface area contributed by atoms with Gasteiger partial charge in [-0.05, 0) is 138 Å². The lowest BCUT2D eigenvalue weighted by molar-refractivity contribution is -0.136. The molecule has 2 unspecified atom stereocenters. The third-order valence-electron chi connectivity index (χ3n) is 10.7. The summed E-state index contributed by atoms with van der Waals surface area (Å²) in [5.74, 6) is 3.10. The molecule has 0 radical (unpaired) electrons. The molecule has 282 valence electrons. The van der Waals surface area contributed by atoms with Gasteiger partial charge in [0.15, 0.2) is 11.3 Å². The minimum atomic E-state index is -1.10. The molecule has 1 aliphatic heterocycles. The van der Waals surface area contributed by atoms with Gasteiger partial charge >= 0.3 is 0 Å². The molecule has 5 heterocycles. The average Bonchev–Trinajstić information content (AvgIpc) is 3.82. The zero-order valence-corrected chi connectivity index (χ0v) is 33.0. The van der Waals surface area contributed by atoms with Crippen molar-refractivity contribution >= 4 is 54.2 Å². The Balaban J connectivity index is 0.766. The summed E-state index contributed by atoms with van der Waals surface area (Å²) >= 11 is 6.91. The molecule has 0 amide bonds. The van der Waals surface area contributed by atoms with Crippen LogP contribution in [0, 0.1) is 0 Å². The molecule has 0 spiro atoms. The number of aromatic nitrogens is 6. The fourth-order valence-corrected chi connectivity index (χ4v) is 8.44. The third kappa shape index (κ3) is 8.48. The van der Waals surface area contributed by atoms with Crippen LogP contribution in [0.3, 0.4) is 0 Å². The summed E-state index contributed by atoms with van der Waals surface area (Å²) in [6.07, 6.45) is 8.41. The fraction of sp³-hybridized carbons (Fsp3) is 0.400. The topological polar surface area (TPSA) is 157 Å². The van der Waals surface area contributed by atoms with Gasteiger partial charge in [0.25, 0.3) is 0 Å². The van der Waals surface area contributed by atoms with Crippen LogP contribution < -0.4 is 14.8 Å². The van der Waals surface area contributed by atoms with E-state index in [1.807, 2.05) is 60.7 Å². The molecule has 5 N–H and O–H groups in total. The number of piperidine rings is 1. The number of rotatable bonds is 13. The van der Waals surface area contributed by atoms with E-state index in [4.69, 9.17) is 9.47 Å². The van der Waals surface area contributed by atoms with E-state index >= 15 is 0 Å². The molecule has 6 aromatic rings. The predicted octanol–water partition coefficient (Wildman–Crippen LogP) is 7.02. The quantitative estimate of drug-likeness (QED) is 0.0765. The van der Waals surface area contributed by atoms with Gasteiger partial charge in [-0.25, -0.2) is 19.9 Å². The van der Waals surface area contributed by atoms with E-state index < -0.39 is 11.7 Å². The van der Waals surface area contributed by atoms with Gasteiger partial charge in [0.05, 0.1) is 22.7 Å². The number of hydrogen-bond donors (Lipinski definition) is 5. The SMILES string of the molecule is OC(C1CCCCN1CCOc1ccc(-c2nc3ncc(Br)cc3[nH]2)cc1)C1(O)CCC(NCCOc2ccc(-c3nc4ncc(Br)cc4[nH]3)cc2)CC1. The Morgan fingerprint density at radius 2 is 1.35 bits per heavy atom. The minimum Gasteiger partial charge on any atom is -0.492 e. The molecule has 2 aromatic carbocycles. The van der Waals surface area contributed by atoms with Crippen LogP contribution in [-0.2, 0) is 0 Å². The summed E-state index contributed by atoms with van der Waals surface area (Å²) in [5.41, 5.74) is 3.93. The van der Waals surface area contributed by atoms with Crippen molar-refractivity contribution in [1.29, 1.82) is 0 Å². The Kier molecular flexibility index (Phi) is 11.3. The molecule has 12 nitrogen and oxygen atoms in total. The first-order chi connectivity index (χ1) is 26.3. The van der Waals surface area contributed by atoms with E-state index in [-0.39, 0.29) is 12.1 Å². The number of hydrogen-bond acceptors (Lipinski definition) is 10. The van der Waals surface area contributed by atoms with Crippen LogP contribution >= 0.6 is 31.9 Å². The summed E-state index contributed by atoms with van der Waals surface area (Å²) in [7, 11) is 0. The summed E-state index contributed by atoms with van der Waals surface area (Å²) in [5, 5.41) is 26.9. The maximum Gasteiger partial charge on any atom is 0.178 e. The molecule has 4 aromatic heterocycles. The number of nitrogens with one attached hydrogen (secondary N) is 3. The van der Waals surface area contributed by atoms with Crippen LogP contribution in [0.2, 0.25) is 0 Å². The highest BCUT2D eigenvalue weighted by molar-refractivity contribution is 9.10. The fourth-order valence-electron chi connectivity index (χ4n) is 7.78. The van der Waals surface area contributed by atoms with Crippen LogP contribution in [0.15, 0.2) is 82.0 Å². The van der Waals surface area contributed by atoms with Gasteiger partial charge in [0, 0.05) is 57.6 Å². The summed E-state index contributed by atoms with van der Waals surface area (Å²) < 4.78 is 13.9. The van der Waals surface area contributed by atoms with Crippen molar-refractivity contribution in [3.8, 4) is 34.3 Å². The first-order valence-corrected chi connectivity index (χ1v) is 20.3. The van der Waals surface area contributed by atoms with Gasteiger partial charge in [-0.15, -0.1) is 0 Å². The number of H-pyrrole nitrogens is 2. The number of ether oxygens (including phenoxy) is 2. The number of benzene rings is 2. The van der Waals surface area contributed by atoms with Crippen LogP contribution in [0.25, 0.3) is 45.1 Å². The monoisotopic (exact) mass is 858 g/mol. The molecular formula is C40H44Br2N8O4. The number of aromatic amines is 2. The molecule has 8 rings (SSSR count). The lowest BCUT2D eigenvalue weighted by atomic mass is 9.75. The Hall–Kier alpha value is -3.92. The molecule has 0 bridgehead atoms. The van der Waals surface area contributed by atoms with Crippen LogP contribution in [0.1, 0.15) is 44.9 Å². The summed E-state index contributed by atoms with van der Waals surface area (Å²) in [6, 6.07) is 19.9. The maximum absolute atomic E-state index is 11.7. The lowest BCUT2D eigenvalue weighted by Gasteiger charge is -2.47. The van der Waals surface area contributed by atoms with Gasteiger partial charge < -0.3 is 35.0 Å². The van der Waals surface area contributed by atoms with Crippen molar-refractivity contribution < 1.29 is 19.7 Å². The Morgan fingerprint density at radius 3 is 1.93 bits per heavy atom. The van der Waals surface area contributed by atoms with Gasteiger partial charge in [0.1, 0.15) is 36.4 Å². The zero-order chi connectivity index (χ0) is 37.1. The predicted molar refractivity (Wildman–Crippen MR) is 215 cm³/mol. The van der Waals surface area contributed by atoms with Crippen molar-refractivity contribution in [1.82, 2.24) is 40.1 Å². The average molecular weight is 861 g/mol. The minimum absolute atomic E-state index is 0.0913. The normalized spacial score (nSPS) is 21.4. The second-order valence-corrected chi connectivity index (χ2v) is 16.2. The summed E-state index contributed by atoms with van der Waals surface area (Å²) in [4.78, 5) is 26.8. The highest BCUT2D eigenvalue weighted by Crippen LogP contribution is 2.36. The van der Waals surface area contributed by atoms with Crippen molar-refractivity contribution in [3.05, 3.63) is 82.0 Å². The number of aliphatic hydroxyl groups is 2. The number of fused-ring (bicyclic) bond motifs is 2. The van der Waals surface area contributed by atoms with Gasteiger partial charge in [-0.2, -0.15) is 0 Å². The van der Waals surface area contributed by atoms with E-state index in [9.17, 15) is 10.2 Å². The second-order valence-electron chi connectivity index (χ2n) is 14.3. The van der Waals surface area contributed by atoms with E-state index in [1.54, 1.807) is 12.4 Å². The molecule has 2 atom stereocenters. The summed E-state index contributed by atoms with van der Waals surface area (Å²) in [6.45, 7) is 3.31. The molecule has 2 fully saturated rings. The van der Waals surface area contributed by atoms with Crippen LogP contribution in [-0.4, -0.2) is 102 Å². The molecule has 1 saturated carbocycles. The van der Waals surface area contributed by atoms with E-state index in [2.05, 4.69) is 72.0 Å². The number of imidazole rings is 2. The molecule has 1 aliphatic carbocycles. The maximum atomic E-state index is 11.7. The molecule has 14 heteroatoms. The van der Waals surface area contributed by atoms with Gasteiger partial charge in [0.2, 0.25) is 0 Å². The standard InChI is InChI=1S/C40H44Br2N8O4/c41-27-21-32-38(44-23-27)48-36(46-32)25-4-8-30(9-5-25)53-19-16-43-29-12-14-40(52,15-13-29)35(51)34-3-1-2-17-50(34)18-20-54-31-10-6-26(7-11-31)37-47-33-22-28(42)24-45-39(33)49-37/h4-11,21-24,29,34-35,43,51-52H,1-3,12-20H2,(H,44,46,48)(H,45,47,49). The molecule has 1 saturated heterocycles. The first kappa shape index (κ1) is 37.0. The number of halogens is 2. The number of likely N-dealkylation sites (tertiary alicyclic amines) is 1. The van der Waals surface area contributed by atoms with Crippen molar-refractivity contribution in [2.45, 2.75) is 68.7 Å². The number of pyridine rings is 2. The van der Waals surface area contributed by atoms with Crippen molar-refractivity contribution in [3.63, 3.8) is 0 Å². The smallest absolute Gasteiger partial charge is 0.178 e. The number of aliphatic hydroxyl groups excluding tert-OH is 1.